The number of methoxy groups -OCH3 is 1. The number of esters is 1. The highest BCUT2D eigenvalue weighted by Crippen LogP contribution is 2.27. The molecule has 0 bridgehead atoms. The smallest absolute Gasteiger partial charge is 0.337 e. The van der Waals surface area contributed by atoms with Gasteiger partial charge in [-0.3, -0.25) is 0 Å². The van der Waals surface area contributed by atoms with Gasteiger partial charge in [0, 0.05) is 10.2 Å². The van der Waals surface area contributed by atoms with Crippen molar-refractivity contribution < 1.29 is 14.6 Å². The molecule has 0 amide bonds. The number of carbonyl (C=O) groups is 1. The fraction of sp³-hybridized carbons (Fsp3) is 0.167. The minimum absolute atomic E-state index is 0.274. The highest BCUT2D eigenvalue weighted by Gasteiger charge is 2.29. The molecule has 0 aliphatic rings. The quantitative estimate of drug-likeness (QED) is 0.624. The summed E-state index contributed by atoms with van der Waals surface area (Å²) < 4.78 is 5.59. The number of aliphatic hydroxyl groups excluding tert-OH is 1. The molecule has 0 aliphatic carbocycles. The SMILES string of the molecule is C#C[C@](CO)(Nc1ccc(C(=O)OC)cc1)c1ccc(Br)cc1. The van der Waals surface area contributed by atoms with Gasteiger partial charge in [0.05, 0.1) is 19.3 Å². The zero-order chi connectivity index (χ0) is 16.9. The molecular formula is C18H16BrNO3. The minimum Gasteiger partial charge on any atom is -0.465 e. The third-order valence-corrected chi connectivity index (χ3v) is 4.01. The first-order valence-corrected chi connectivity index (χ1v) is 7.65. The van der Waals surface area contributed by atoms with Gasteiger partial charge in [-0.25, -0.2) is 4.79 Å². The second kappa shape index (κ2) is 7.32. The van der Waals surface area contributed by atoms with Gasteiger partial charge in [0.2, 0.25) is 0 Å². The summed E-state index contributed by atoms with van der Waals surface area (Å²) in [4.78, 5) is 11.5. The Labute approximate surface area is 143 Å². The molecule has 0 saturated carbocycles. The van der Waals surface area contributed by atoms with Crippen molar-refractivity contribution in [2.45, 2.75) is 5.54 Å². The van der Waals surface area contributed by atoms with E-state index in [1.165, 1.54) is 7.11 Å². The molecule has 4 nitrogen and oxygen atoms in total. The van der Waals surface area contributed by atoms with E-state index in [-0.39, 0.29) is 6.61 Å². The topological polar surface area (TPSA) is 58.6 Å². The number of ether oxygens (including phenoxy) is 1. The number of hydrogen-bond acceptors (Lipinski definition) is 4. The van der Waals surface area contributed by atoms with Crippen molar-refractivity contribution in [1.29, 1.82) is 0 Å². The third kappa shape index (κ3) is 3.73. The summed E-state index contributed by atoms with van der Waals surface area (Å²) in [7, 11) is 1.33. The number of terminal acetylenes is 1. The Morgan fingerprint density at radius 3 is 2.35 bits per heavy atom. The van der Waals surface area contributed by atoms with Crippen molar-refractivity contribution in [1.82, 2.24) is 0 Å². The Bertz CT molecular complexity index is 719. The first-order valence-electron chi connectivity index (χ1n) is 6.86. The number of anilines is 1. The van der Waals surface area contributed by atoms with Crippen molar-refractivity contribution in [3.8, 4) is 12.3 Å². The van der Waals surface area contributed by atoms with E-state index >= 15 is 0 Å². The lowest BCUT2D eigenvalue weighted by Gasteiger charge is -2.29. The van der Waals surface area contributed by atoms with E-state index in [0.717, 1.165) is 10.0 Å². The van der Waals surface area contributed by atoms with Gasteiger partial charge in [0.25, 0.3) is 0 Å². The summed E-state index contributed by atoms with van der Waals surface area (Å²) >= 11 is 3.37. The van der Waals surface area contributed by atoms with Gasteiger partial charge in [-0.15, -0.1) is 6.42 Å². The van der Waals surface area contributed by atoms with Crippen LogP contribution < -0.4 is 5.32 Å². The molecule has 0 radical (unpaired) electrons. The number of rotatable bonds is 5. The van der Waals surface area contributed by atoms with Gasteiger partial charge in [-0.05, 0) is 42.0 Å². The Hall–Kier alpha value is -2.29. The van der Waals surface area contributed by atoms with Crippen LogP contribution in [0.1, 0.15) is 15.9 Å². The van der Waals surface area contributed by atoms with E-state index in [9.17, 15) is 9.90 Å². The van der Waals surface area contributed by atoms with Gasteiger partial charge in [-0.1, -0.05) is 34.0 Å². The number of benzene rings is 2. The number of aliphatic hydroxyl groups is 1. The maximum absolute atomic E-state index is 11.5. The van der Waals surface area contributed by atoms with Crippen LogP contribution in [0, 0.1) is 12.3 Å². The Kier molecular flexibility index (Phi) is 5.43. The van der Waals surface area contributed by atoms with E-state index in [0.29, 0.717) is 11.3 Å². The van der Waals surface area contributed by atoms with E-state index in [4.69, 9.17) is 6.42 Å². The molecule has 5 heteroatoms. The van der Waals surface area contributed by atoms with Gasteiger partial charge in [-0.2, -0.15) is 0 Å². The molecule has 1 atom stereocenters. The molecule has 0 aromatic heterocycles. The van der Waals surface area contributed by atoms with Crippen LogP contribution in [0.25, 0.3) is 0 Å². The summed E-state index contributed by atoms with van der Waals surface area (Å²) in [6, 6.07) is 14.1. The second-order valence-electron chi connectivity index (χ2n) is 4.91. The molecular weight excluding hydrogens is 358 g/mol. The first kappa shape index (κ1) is 17.1. The molecule has 0 heterocycles. The van der Waals surface area contributed by atoms with Crippen LogP contribution in [-0.2, 0) is 10.3 Å². The summed E-state index contributed by atoms with van der Waals surface area (Å²) in [5.41, 5.74) is 0.848. The fourth-order valence-electron chi connectivity index (χ4n) is 2.16. The average molecular weight is 374 g/mol. The van der Waals surface area contributed by atoms with Crippen molar-refractivity contribution >= 4 is 27.6 Å². The van der Waals surface area contributed by atoms with Crippen LogP contribution in [-0.4, -0.2) is 24.8 Å². The molecule has 2 rings (SSSR count). The van der Waals surface area contributed by atoms with Gasteiger partial charge < -0.3 is 15.2 Å². The van der Waals surface area contributed by atoms with Crippen molar-refractivity contribution in [2.75, 3.05) is 19.0 Å². The maximum Gasteiger partial charge on any atom is 0.337 e. The van der Waals surface area contributed by atoms with Crippen LogP contribution in [0.15, 0.2) is 53.0 Å². The van der Waals surface area contributed by atoms with E-state index in [1.807, 2.05) is 24.3 Å². The second-order valence-corrected chi connectivity index (χ2v) is 5.82. The molecule has 2 aromatic rings. The first-order chi connectivity index (χ1) is 11.0. The number of hydrogen-bond donors (Lipinski definition) is 2. The van der Waals surface area contributed by atoms with Crippen molar-refractivity contribution in [3.63, 3.8) is 0 Å². The van der Waals surface area contributed by atoms with E-state index in [2.05, 4.69) is 31.9 Å². The molecule has 0 aliphatic heterocycles. The van der Waals surface area contributed by atoms with E-state index < -0.39 is 11.5 Å². The molecule has 23 heavy (non-hydrogen) atoms. The van der Waals surface area contributed by atoms with Gasteiger partial charge >= 0.3 is 5.97 Å². The zero-order valence-electron chi connectivity index (χ0n) is 12.5. The van der Waals surface area contributed by atoms with E-state index in [1.54, 1.807) is 24.3 Å². The lowest BCUT2D eigenvalue weighted by atomic mass is 9.91. The molecule has 2 N–H and O–H groups in total. The Morgan fingerprint density at radius 2 is 1.87 bits per heavy atom. The zero-order valence-corrected chi connectivity index (χ0v) is 14.1. The van der Waals surface area contributed by atoms with Crippen LogP contribution in [0.2, 0.25) is 0 Å². The summed E-state index contributed by atoms with van der Waals surface area (Å²) in [6.45, 7) is -0.274. The Morgan fingerprint density at radius 1 is 1.26 bits per heavy atom. The standard InChI is InChI=1S/C18H16BrNO3/c1-3-18(12-21,14-6-8-15(19)9-7-14)20-16-10-4-13(5-11-16)17(22)23-2/h1,4-11,20-21H,12H2,2H3/t18-/m1/s1. The fourth-order valence-corrected chi connectivity index (χ4v) is 2.42. The Balaban J connectivity index is 2.31. The van der Waals surface area contributed by atoms with Crippen LogP contribution in [0.5, 0.6) is 0 Å². The lowest BCUT2D eigenvalue weighted by molar-refractivity contribution is 0.0601. The van der Waals surface area contributed by atoms with Crippen LogP contribution >= 0.6 is 15.9 Å². The average Bonchev–Trinajstić information content (AvgIpc) is 2.60. The molecule has 0 spiro atoms. The molecule has 118 valence electrons. The summed E-state index contributed by atoms with van der Waals surface area (Å²) in [6.07, 6.45) is 5.68. The van der Waals surface area contributed by atoms with Crippen LogP contribution in [0.4, 0.5) is 5.69 Å². The molecule has 0 fully saturated rings. The van der Waals surface area contributed by atoms with Crippen molar-refractivity contribution in [2.24, 2.45) is 0 Å². The maximum atomic E-state index is 11.5. The highest BCUT2D eigenvalue weighted by atomic mass is 79.9. The largest absolute Gasteiger partial charge is 0.465 e. The normalized spacial score (nSPS) is 12.8. The third-order valence-electron chi connectivity index (χ3n) is 3.48. The number of nitrogens with one attached hydrogen (secondary N) is 1. The van der Waals surface area contributed by atoms with Gasteiger partial charge in [0.1, 0.15) is 5.54 Å². The predicted octanol–water partition coefficient (Wildman–Crippen LogP) is 3.17. The molecule has 2 aromatic carbocycles. The number of carbonyl (C=O) groups excluding carboxylic acids is 1. The van der Waals surface area contributed by atoms with Crippen LogP contribution in [0.3, 0.4) is 0 Å². The minimum atomic E-state index is -1.05. The molecule has 0 unspecified atom stereocenters. The predicted molar refractivity (Wildman–Crippen MR) is 93.1 cm³/mol. The molecule has 0 saturated heterocycles. The highest BCUT2D eigenvalue weighted by molar-refractivity contribution is 9.10. The van der Waals surface area contributed by atoms with Gasteiger partial charge in [0.15, 0.2) is 0 Å². The summed E-state index contributed by atoms with van der Waals surface area (Å²) in [5.74, 6) is 2.22. The monoisotopic (exact) mass is 373 g/mol. The summed E-state index contributed by atoms with van der Waals surface area (Å²) in [5, 5.41) is 13.0. The number of halogens is 1. The van der Waals surface area contributed by atoms with Crippen molar-refractivity contribution in [3.05, 3.63) is 64.1 Å². The lowest BCUT2D eigenvalue weighted by Crippen LogP contribution is -2.37.